The summed E-state index contributed by atoms with van der Waals surface area (Å²) in [4.78, 5) is 18.0. The predicted octanol–water partition coefficient (Wildman–Crippen LogP) is 0.615. The zero-order valence-electron chi connectivity index (χ0n) is 11.7. The molecule has 7 nitrogen and oxygen atoms in total. The molecule has 0 bridgehead atoms. The van der Waals surface area contributed by atoms with Gasteiger partial charge in [0.15, 0.2) is 0 Å². The largest absolute Gasteiger partial charge is 0.409 e. The highest BCUT2D eigenvalue weighted by atomic mass is 16.5. The zero-order chi connectivity index (χ0) is 15.0. The smallest absolute Gasteiger partial charge is 0.255 e. The molecule has 0 spiro atoms. The highest BCUT2D eigenvalue weighted by Gasteiger charge is 2.16. The van der Waals surface area contributed by atoms with E-state index in [9.17, 15) is 4.79 Å². The summed E-state index contributed by atoms with van der Waals surface area (Å²) < 4.78 is 4.99. The highest BCUT2D eigenvalue weighted by Crippen LogP contribution is 2.06. The molecule has 0 aliphatic heterocycles. The molecular weight excluding hydrogens is 260 g/mol. The van der Waals surface area contributed by atoms with Crippen LogP contribution in [0, 0.1) is 6.92 Å². The summed E-state index contributed by atoms with van der Waals surface area (Å²) in [6, 6.07) is 3.51. The fraction of sp³-hybridized carbons (Fsp3) is 0.462. The number of hydrogen-bond acceptors (Lipinski definition) is 5. The molecule has 20 heavy (non-hydrogen) atoms. The number of carbonyl (C=O) groups excluding carboxylic acids is 1. The van der Waals surface area contributed by atoms with E-state index in [0.29, 0.717) is 31.7 Å². The molecule has 0 fully saturated rings. The molecule has 0 saturated carbocycles. The van der Waals surface area contributed by atoms with Crippen LogP contribution < -0.4 is 5.73 Å². The number of rotatable bonds is 7. The second kappa shape index (κ2) is 8.11. The van der Waals surface area contributed by atoms with Crippen molar-refractivity contribution in [2.24, 2.45) is 10.9 Å². The van der Waals surface area contributed by atoms with Crippen molar-refractivity contribution in [1.29, 1.82) is 0 Å². The van der Waals surface area contributed by atoms with Crippen LogP contribution in [0.5, 0.6) is 0 Å². The molecule has 3 N–H and O–H groups in total. The van der Waals surface area contributed by atoms with Crippen LogP contribution in [-0.4, -0.2) is 53.6 Å². The molecule has 0 saturated heterocycles. The van der Waals surface area contributed by atoms with Crippen molar-refractivity contribution in [2.75, 3.05) is 26.8 Å². The maximum Gasteiger partial charge on any atom is 0.255 e. The van der Waals surface area contributed by atoms with Gasteiger partial charge in [-0.25, -0.2) is 0 Å². The Morgan fingerprint density at radius 3 is 2.80 bits per heavy atom. The van der Waals surface area contributed by atoms with E-state index in [1.807, 2.05) is 6.92 Å². The third-order valence-corrected chi connectivity index (χ3v) is 2.78. The number of amides is 1. The Labute approximate surface area is 118 Å². The van der Waals surface area contributed by atoms with Gasteiger partial charge in [0.25, 0.3) is 5.91 Å². The number of pyridine rings is 1. The van der Waals surface area contributed by atoms with Crippen molar-refractivity contribution >= 4 is 11.7 Å². The number of hydrogen-bond donors (Lipinski definition) is 2. The summed E-state index contributed by atoms with van der Waals surface area (Å²) in [5.74, 6) is -0.0671. The second-order valence-corrected chi connectivity index (χ2v) is 4.31. The van der Waals surface area contributed by atoms with Crippen molar-refractivity contribution in [3.8, 4) is 0 Å². The number of carbonyl (C=O) groups is 1. The maximum absolute atomic E-state index is 12.4. The molecule has 0 aliphatic rings. The van der Waals surface area contributed by atoms with E-state index in [4.69, 9.17) is 15.7 Å². The molecule has 0 aromatic carbocycles. The minimum atomic E-state index is -0.153. The molecule has 1 aromatic heterocycles. The molecule has 1 amide bonds. The fourth-order valence-corrected chi connectivity index (χ4v) is 1.59. The Morgan fingerprint density at radius 2 is 2.25 bits per heavy atom. The normalized spacial score (nSPS) is 11.4. The Morgan fingerprint density at radius 1 is 1.50 bits per heavy atom. The van der Waals surface area contributed by atoms with Gasteiger partial charge in [0.2, 0.25) is 0 Å². The summed E-state index contributed by atoms with van der Waals surface area (Å²) >= 11 is 0. The number of aromatic nitrogens is 1. The average Bonchev–Trinajstić information content (AvgIpc) is 2.47. The maximum atomic E-state index is 12.4. The van der Waals surface area contributed by atoms with Crippen LogP contribution in [0.1, 0.15) is 22.5 Å². The van der Waals surface area contributed by atoms with Crippen molar-refractivity contribution < 1.29 is 14.7 Å². The minimum absolute atomic E-state index is 0.0854. The Bertz CT molecular complexity index is 459. The molecule has 0 unspecified atom stereocenters. The van der Waals surface area contributed by atoms with Gasteiger partial charge in [-0.1, -0.05) is 5.16 Å². The molecular formula is C13H20N4O3. The van der Waals surface area contributed by atoms with Crippen LogP contribution in [0.25, 0.3) is 0 Å². The monoisotopic (exact) mass is 280 g/mol. The van der Waals surface area contributed by atoms with Gasteiger partial charge in [0.05, 0.1) is 12.2 Å². The first-order valence-electron chi connectivity index (χ1n) is 6.25. The average molecular weight is 280 g/mol. The van der Waals surface area contributed by atoms with Gasteiger partial charge >= 0.3 is 0 Å². The van der Waals surface area contributed by atoms with Crippen LogP contribution in [0.15, 0.2) is 23.5 Å². The lowest BCUT2D eigenvalue weighted by Gasteiger charge is -2.22. The highest BCUT2D eigenvalue weighted by molar-refractivity contribution is 5.94. The van der Waals surface area contributed by atoms with Crippen LogP contribution in [0.2, 0.25) is 0 Å². The zero-order valence-corrected chi connectivity index (χ0v) is 11.7. The quantitative estimate of drug-likeness (QED) is 0.330. The Hall–Kier alpha value is -2.15. The Balaban J connectivity index is 2.75. The number of oxime groups is 1. The number of ether oxygens (including phenoxy) is 1. The molecule has 0 aliphatic carbocycles. The van der Waals surface area contributed by atoms with E-state index in [1.165, 1.54) is 0 Å². The van der Waals surface area contributed by atoms with E-state index in [2.05, 4.69) is 10.1 Å². The van der Waals surface area contributed by atoms with E-state index >= 15 is 0 Å². The number of nitrogens with two attached hydrogens (primary N) is 1. The lowest BCUT2D eigenvalue weighted by molar-refractivity contribution is 0.0700. The standard InChI is InChI=1S/C13H20N4O3/c1-10-3-4-11(9-15-10)13(18)17(7-8-20-2)6-5-12(14)16-19/h3-4,9,19H,5-8H2,1-2H3,(H2,14,16). The first kappa shape index (κ1) is 15.9. The summed E-state index contributed by atoms with van der Waals surface area (Å²) in [5.41, 5.74) is 6.78. The van der Waals surface area contributed by atoms with Gasteiger partial charge in [-0.15, -0.1) is 0 Å². The molecule has 7 heteroatoms. The topological polar surface area (TPSA) is 101 Å². The lowest BCUT2D eigenvalue weighted by Crippen LogP contribution is -2.36. The van der Waals surface area contributed by atoms with E-state index in [-0.39, 0.29) is 11.7 Å². The van der Waals surface area contributed by atoms with Crippen molar-refractivity contribution in [3.63, 3.8) is 0 Å². The third-order valence-electron chi connectivity index (χ3n) is 2.78. The number of amidine groups is 1. The molecule has 1 rings (SSSR count). The molecule has 0 atom stereocenters. The number of aryl methyl sites for hydroxylation is 1. The van der Waals surface area contributed by atoms with Crippen molar-refractivity contribution in [3.05, 3.63) is 29.6 Å². The molecule has 110 valence electrons. The first-order valence-corrected chi connectivity index (χ1v) is 6.25. The van der Waals surface area contributed by atoms with Gasteiger partial charge in [0.1, 0.15) is 5.84 Å². The minimum Gasteiger partial charge on any atom is -0.409 e. The van der Waals surface area contributed by atoms with E-state index < -0.39 is 0 Å². The van der Waals surface area contributed by atoms with Gasteiger partial charge in [-0.3, -0.25) is 9.78 Å². The van der Waals surface area contributed by atoms with Crippen LogP contribution in [0.4, 0.5) is 0 Å². The fourth-order valence-electron chi connectivity index (χ4n) is 1.59. The summed E-state index contributed by atoms with van der Waals surface area (Å²) in [7, 11) is 1.57. The first-order chi connectivity index (χ1) is 9.58. The lowest BCUT2D eigenvalue weighted by atomic mass is 10.2. The molecule has 1 aromatic rings. The molecule has 1 heterocycles. The predicted molar refractivity (Wildman–Crippen MR) is 74.8 cm³/mol. The SMILES string of the molecule is COCCN(CCC(N)=NO)C(=O)c1ccc(C)nc1. The van der Waals surface area contributed by atoms with E-state index in [1.54, 1.807) is 30.3 Å². The van der Waals surface area contributed by atoms with Gasteiger partial charge in [-0.05, 0) is 19.1 Å². The molecule has 0 radical (unpaired) electrons. The van der Waals surface area contributed by atoms with Gasteiger partial charge < -0.3 is 20.6 Å². The summed E-state index contributed by atoms with van der Waals surface area (Å²) in [6.07, 6.45) is 1.84. The second-order valence-electron chi connectivity index (χ2n) is 4.31. The van der Waals surface area contributed by atoms with Gasteiger partial charge in [-0.2, -0.15) is 0 Å². The van der Waals surface area contributed by atoms with E-state index in [0.717, 1.165) is 5.69 Å². The van der Waals surface area contributed by atoms with Crippen molar-refractivity contribution in [2.45, 2.75) is 13.3 Å². The van der Waals surface area contributed by atoms with Crippen molar-refractivity contribution in [1.82, 2.24) is 9.88 Å². The summed E-state index contributed by atoms with van der Waals surface area (Å²) in [5, 5.41) is 11.4. The van der Waals surface area contributed by atoms with Crippen LogP contribution >= 0.6 is 0 Å². The van der Waals surface area contributed by atoms with Crippen LogP contribution in [-0.2, 0) is 4.74 Å². The Kier molecular flexibility index (Phi) is 6.45. The number of methoxy groups -OCH3 is 1. The van der Waals surface area contributed by atoms with Crippen LogP contribution in [0.3, 0.4) is 0 Å². The summed E-state index contributed by atoms with van der Waals surface area (Å²) in [6.45, 7) is 3.06. The number of nitrogens with zero attached hydrogens (tertiary/aromatic N) is 3. The third kappa shape index (κ3) is 4.85. The van der Waals surface area contributed by atoms with Gasteiger partial charge in [0, 0.05) is 38.5 Å².